The lowest BCUT2D eigenvalue weighted by Gasteiger charge is -2.36. The van der Waals surface area contributed by atoms with E-state index in [0.717, 1.165) is 4.90 Å². The van der Waals surface area contributed by atoms with Gasteiger partial charge in [-0.25, -0.2) is 4.79 Å². The SMILES string of the molecule is CC(C)[C@H](N)C(=O)N1CCC[C@H]1C(=O)N1C(C(=O)N2CCC[C@H]2C(=O)N[C@H](C(=O)N[C@@H](CO)C(=O)N2C(C(=O)N3CCC[C@H]3C(=O)N[C@@H](CCCCN)C(=O)N[C@@H](CCCCN)C(=O)N[C@@H](CCCCN)C(=O)O)COC2c2ccccc2)C(C)C)COC1c1ccccc1. The quantitative estimate of drug-likeness (QED) is 0.0395. The van der Waals surface area contributed by atoms with Crippen LogP contribution in [0.3, 0.4) is 0 Å². The van der Waals surface area contributed by atoms with Crippen LogP contribution < -0.4 is 49.5 Å². The molecule has 0 radical (unpaired) electrons. The maximum atomic E-state index is 15.1. The Hall–Kier alpha value is -7.67. The molecular formula is C66H100N14O15. The van der Waals surface area contributed by atoms with Crippen LogP contribution in [0.4, 0.5) is 0 Å². The molecule has 2 aromatic carbocycles. The summed E-state index contributed by atoms with van der Waals surface area (Å²) in [6, 6.07) is 3.98. The van der Waals surface area contributed by atoms with E-state index in [9.17, 15) is 53.4 Å². The summed E-state index contributed by atoms with van der Waals surface area (Å²) < 4.78 is 12.5. The van der Waals surface area contributed by atoms with Crippen molar-refractivity contribution in [2.45, 2.75) is 203 Å². The van der Waals surface area contributed by atoms with Crippen LogP contribution in [0.1, 0.15) is 148 Å². The molecule has 29 nitrogen and oxygen atoms in total. The second-order valence-electron chi connectivity index (χ2n) is 25.9. The molecule has 5 aliphatic heterocycles. The fourth-order valence-electron chi connectivity index (χ4n) is 13.1. The number of amides is 10. The molecule has 5 heterocycles. The number of hydrogen-bond donors (Lipinski definition) is 11. The molecule has 2 aromatic rings. The van der Waals surface area contributed by atoms with E-state index < -0.39 is 151 Å². The zero-order valence-corrected chi connectivity index (χ0v) is 55.2. The Kier molecular flexibility index (Phi) is 28.2. The van der Waals surface area contributed by atoms with Crippen LogP contribution in [0.15, 0.2) is 60.7 Å². The third-order valence-corrected chi connectivity index (χ3v) is 18.5. The number of carbonyl (C=O) groups is 11. The fourth-order valence-corrected chi connectivity index (χ4v) is 13.1. The van der Waals surface area contributed by atoms with Gasteiger partial charge in [0.15, 0.2) is 12.5 Å². The summed E-state index contributed by atoms with van der Waals surface area (Å²) in [5, 5.41) is 34.4. The number of nitrogens with two attached hydrogens (primary N) is 4. The number of aliphatic carboxylic acids is 1. The highest BCUT2D eigenvalue weighted by molar-refractivity contribution is 6.00. The lowest BCUT2D eigenvalue weighted by atomic mass is 10.0. The number of aliphatic hydroxyl groups is 1. The standard InChI is InChI=1S/C66H100N14O15/c1-39(2)52(70)63(91)78-35-19-29-49(78)62(90)80-51(38-95-65(80)42-22-9-6-10-23-42)61(89)77-34-18-28-48(77)57(85)75-53(40(3)4)58(86)74-46(36-81)59(87)79-50(37-94-64(79)41-20-7-5-8-21-41)60(88)76-33-17-27-47(76)56(84)72-44(25-12-15-31-68)54(82)71-43(24-11-14-30-67)55(83)73-45(66(92)93)26-13-16-32-69/h5-10,20-23,39-40,43-53,64-65,81H,11-19,24-38,67-70H2,1-4H3,(H,71,82)(H,72,84)(H,73,83)(H,74,86)(H,75,85)(H,92,93)/t43-,44-,45-,46-,47-,48-,49-,50?,51?,52-,53-,64?,65?/m0/s1. The molecule has 7 rings (SSSR count). The number of carboxylic acid groups (broad SMARTS) is 1. The van der Waals surface area contributed by atoms with Gasteiger partial charge in [0.05, 0.1) is 25.9 Å². The highest BCUT2D eigenvalue weighted by Gasteiger charge is 2.52. The first-order valence-electron chi connectivity index (χ1n) is 33.7. The van der Waals surface area contributed by atoms with E-state index in [1.807, 2.05) is 13.8 Å². The van der Waals surface area contributed by atoms with Crippen molar-refractivity contribution in [3.05, 3.63) is 71.8 Å². The second-order valence-corrected chi connectivity index (χ2v) is 25.9. The van der Waals surface area contributed by atoms with Gasteiger partial charge in [0.2, 0.25) is 53.2 Å². The number of unbranched alkanes of at least 4 members (excludes halogenated alkanes) is 3. The average molecular weight is 1330 g/mol. The first kappa shape index (κ1) is 74.7. The van der Waals surface area contributed by atoms with Gasteiger partial charge in [0.1, 0.15) is 60.4 Å². The number of benzene rings is 2. The predicted octanol–water partition coefficient (Wildman–Crippen LogP) is -0.661. The number of likely N-dealkylation sites (tertiary alicyclic amines) is 3. The van der Waals surface area contributed by atoms with E-state index in [1.54, 1.807) is 74.5 Å². The lowest BCUT2D eigenvalue weighted by molar-refractivity contribution is -0.154. The molecule has 95 heavy (non-hydrogen) atoms. The first-order valence-corrected chi connectivity index (χ1v) is 33.7. The summed E-state index contributed by atoms with van der Waals surface area (Å²) >= 11 is 0. The molecule has 13 atom stereocenters. The molecule has 0 aromatic heterocycles. The van der Waals surface area contributed by atoms with E-state index in [2.05, 4.69) is 26.6 Å². The fraction of sp³-hybridized carbons (Fsp3) is 0.652. The van der Waals surface area contributed by atoms with Crippen molar-refractivity contribution in [2.24, 2.45) is 34.8 Å². The molecule has 4 unspecified atom stereocenters. The molecule has 5 saturated heterocycles. The van der Waals surface area contributed by atoms with Crippen LogP contribution in [0.5, 0.6) is 0 Å². The monoisotopic (exact) mass is 1330 g/mol. The zero-order chi connectivity index (χ0) is 69.0. The smallest absolute Gasteiger partial charge is 0.326 e. The minimum Gasteiger partial charge on any atom is -0.480 e. The number of rotatable bonds is 33. The molecule has 15 N–H and O–H groups in total. The largest absolute Gasteiger partial charge is 0.480 e. The molecular weight excluding hydrogens is 1230 g/mol. The van der Waals surface area contributed by atoms with Crippen molar-refractivity contribution >= 4 is 65.0 Å². The Labute approximate surface area is 555 Å². The molecule has 0 spiro atoms. The summed E-state index contributed by atoms with van der Waals surface area (Å²) in [6.45, 7) is 6.82. The van der Waals surface area contributed by atoms with E-state index >= 15 is 9.59 Å². The third-order valence-electron chi connectivity index (χ3n) is 18.5. The van der Waals surface area contributed by atoms with Crippen LogP contribution in [-0.4, -0.2) is 225 Å². The highest BCUT2D eigenvalue weighted by atomic mass is 16.5. The van der Waals surface area contributed by atoms with Crippen molar-refractivity contribution in [3.63, 3.8) is 0 Å². The number of hydrogen-bond acceptors (Lipinski definition) is 18. The molecule has 0 saturated carbocycles. The zero-order valence-electron chi connectivity index (χ0n) is 55.2. The maximum Gasteiger partial charge on any atom is 0.326 e. The Balaban J connectivity index is 1.06. The van der Waals surface area contributed by atoms with Crippen LogP contribution in [0.25, 0.3) is 0 Å². The minimum atomic E-state index is -1.72. The summed E-state index contributed by atoms with van der Waals surface area (Å²) in [6.07, 6.45) is 2.82. The van der Waals surface area contributed by atoms with Gasteiger partial charge in [0.25, 0.3) is 5.91 Å². The molecule has 5 aliphatic rings. The number of carbonyl (C=O) groups excluding carboxylic acids is 10. The van der Waals surface area contributed by atoms with Crippen LogP contribution in [0, 0.1) is 11.8 Å². The molecule has 0 aliphatic carbocycles. The number of nitrogens with zero attached hydrogens (tertiary/aromatic N) is 5. The topological polar surface area (TPSA) is 427 Å². The van der Waals surface area contributed by atoms with Gasteiger partial charge in [-0.1, -0.05) is 88.4 Å². The highest BCUT2D eigenvalue weighted by Crippen LogP contribution is 2.37. The second kappa shape index (κ2) is 35.9. The van der Waals surface area contributed by atoms with Crippen LogP contribution in [-0.2, 0) is 62.2 Å². The average Bonchev–Trinajstić information content (AvgIpc) is 1.64. The van der Waals surface area contributed by atoms with Gasteiger partial charge < -0.3 is 83.9 Å². The molecule has 10 amide bonds. The van der Waals surface area contributed by atoms with Crippen molar-refractivity contribution in [3.8, 4) is 0 Å². The first-order chi connectivity index (χ1) is 45.6. The van der Waals surface area contributed by atoms with E-state index in [0.29, 0.717) is 95.0 Å². The van der Waals surface area contributed by atoms with Crippen LogP contribution >= 0.6 is 0 Å². The van der Waals surface area contributed by atoms with Crippen LogP contribution in [0.2, 0.25) is 0 Å². The summed E-state index contributed by atoms with van der Waals surface area (Å²) in [5.41, 5.74) is 24.5. The predicted molar refractivity (Wildman–Crippen MR) is 346 cm³/mol. The molecule has 5 fully saturated rings. The summed E-state index contributed by atoms with van der Waals surface area (Å²) in [5.74, 6) is -8.86. The Bertz CT molecular complexity index is 2970. The van der Waals surface area contributed by atoms with E-state index in [4.69, 9.17) is 32.4 Å². The van der Waals surface area contributed by atoms with Crippen molar-refractivity contribution in [1.29, 1.82) is 0 Å². The third kappa shape index (κ3) is 18.7. The summed E-state index contributed by atoms with van der Waals surface area (Å²) in [4.78, 5) is 164. The molecule has 524 valence electrons. The van der Waals surface area contributed by atoms with Gasteiger partial charge >= 0.3 is 5.97 Å². The van der Waals surface area contributed by atoms with Gasteiger partial charge in [-0.15, -0.1) is 0 Å². The Morgan fingerprint density at radius 2 is 0.905 bits per heavy atom. The maximum absolute atomic E-state index is 15.1. The van der Waals surface area contributed by atoms with Gasteiger partial charge in [-0.3, -0.25) is 57.7 Å². The molecule has 29 heteroatoms. The van der Waals surface area contributed by atoms with E-state index in [1.165, 1.54) is 19.6 Å². The molecule has 0 bridgehead atoms. The number of ether oxygens (including phenoxy) is 2. The van der Waals surface area contributed by atoms with Crippen molar-refractivity contribution in [2.75, 3.05) is 59.1 Å². The Morgan fingerprint density at radius 3 is 1.37 bits per heavy atom. The Morgan fingerprint density at radius 1 is 0.484 bits per heavy atom. The van der Waals surface area contributed by atoms with Gasteiger partial charge in [-0.05, 0) is 128 Å². The number of nitrogens with one attached hydrogen (secondary N) is 5. The number of carboxylic acids is 1. The summed E-state index contributed by atoms with van der Waals surface area (Å²) in [7, 11) is 0. The number of aliphatic hydroxyl groups excluding tert-OH is 1. The van der Waals surface area contributed by atoms with Gasteiger partial charge in [0, 0.05) is 30.8 Å². The van der Waals surface area contributed by atoms with Gasteiger partial charge in [-0.2, -0.15) is 0 Å². The van der Waals surface area contributed by atoms with Crippen molar-refractivity contribution in [1.82, 2.24) is 51.1 Å². The minimum absolute atomic E-state index is 0.0589. The normalized spacial score (nSPS) is 23.0. The van der Waals surface area contributed by atoms with E-state index in [-0.39, 0.29) is 76.8 Å². The van der Waals surface area contributed by atoms with Crippen molar-refractivity contribution < 1.29 is 72.4 Å². The lowest BCUT2D eigenvalue weighted by Crippen LogP contribution is -2.61.